The van der Waals surface area contributed by atoms with Crippen molar-refractivity contribution >= 4 is 16.8 Å². The third kappa shape index (κ3) is 3.31. The number of benzene rings is 2. The highest BCUT2D eigenvalue weighted by Crippen LogP contribution is 2.22. The number of fused-ring (bicyclic) bond motifs is 1. The molecule has 1 amide bonds. The Labute approximate surface area is 163 Å². The summed E-state index contributed by atoms with van der Waals surface area (Å²) >= 11 is 0. The monoisotopic (exact) mass is 377 g/mol. The summed E-state index contributed by atoms with van der Waals surface area (Å²) in [5, 5.41) is 10.8. The fourth-order valence-corrected chi connectivity index (χ4v) is 3.88. The molecule has 2 aromatic carbocycles. The number of hydrogen-bond acceptors (Lipinski definition) is 4. The van der Waals surface area contributed by atoms with E-state index in [-0.39, 0.29) is 11.5 Å². The SMILES string of the molecule is Cc1nc2ccccc2c(=O)n1-c1ccc(C(=O)N2CCCC(C)(O)C2)cc1. The van der Waals surface area contributed by atoms with Crippen LogP contribution in [0.1, 0.15) is 35.9 Å². The summed E-state index contributed by atoms with van der Waals surface area (Å²) in [4.78, 5) is 31.9. The Kier molecular flexibility index (Phi) is 4.51. The molecule has 0 bridgehead atoms. The van der Waals surface area contributed by atoms with Gasteiger partial charge in [0.15, 0.2) is 0 Å². The molecule has 2 heterocycles. The minimum atomic E-state index is -0.838. The average Bonchev–Trinajstić information content (AvgIpc) is 2.67. The minimum absolute atomic E-state index is 0.104. The first-order valence-corrected chi connectivity index (χ1v) is 9.46. The summed E-state index contributed by atoms with van der Waals surface area (Å²) in [5.41, 5.74) is 0.915. The number of rotatable bonds is 2. The van der Waals surface area contributed by atoms with Gasteiger partial charge in [0, 0.05) is 18.7 Å². The molecule has 6 nitrogen and oxygen atoms in total. The number of β-amino-alcohol motifs (C(OH)–C–C–N with tert-alkyl or cyclic N) is 1. The van der Waals surface area contributed by atoms with Crippen LogP contribution in [0.15, 0.2) is 53.3 Å². The third-order valence-corrected chi connectivity index (χ3v) is 5.28. The number of aliphatic hydroxyl groups is 1. The molecule has 0 spiro atoms. The number of para-hydroxylation sites is 1. The van der Waals surface area contributed by atoms with Crippen molar-refractivity contribution < 1.29 is 9.90 Å². The van der Waals surface area contributed by atoms with E-state index in [4.69, 9.17) is 0 Å². The fourth-order valence-electron chi connectivity index (χ4n) is 3.88. The molecule has 0 saturated carbocycles. The van der Waals surface area contributed by atoms with E-state index in [2.05, 4.69) is 4.98 Å². The van der Waals surface area contributed by atoms with E-state index in [9.17, 15) is 14.7 Å². The molecule has 1 saturated heterocycles. The van der Waals surface area contributed by atoms with Crippen LogP contribution in [0.3, 0.4) is 0 Å². The van der Waals surface area contributed by atoms with E-state index in [1.807, 2.05) is 18.2 Å². The van der Waals surface area contributed by atoms with Crippen LogP contribution in [0.4, 0.5) is 0 Å². The maximum atomic E-state index is 12.9. The highest BCUT2D eigenvalue weighted by Gasteiger charge is 2.31. The number of amides is 1. The van der Waals surface area contributed by atoms with Crippen LogP contribution in [0.5, 0.6) is 0 Å². The van der Waals surface area contributed by atoms with Crippen molar-refractivity contribution in [3.8, 4) is 5.69 Å². The molecule has 1 fully saturated rings. The van der Waals surface area contributed by atoms with Crippen LogP contribution in [-0.2, 0) is 0 Å². The summed E-state index contributed by atoms with van der Waals surface area (Å²) in [7, 11) is 0. The van der Waals surface area contributed by atoms with Gasteiger partial charge in [-0.3, -0.25) is 14.2 Å². The van der Waals surface area contributed by atoms with Crippen molar-refractivity contribution in [2.24, 2.45) is 0 Å². The fraction of sp³-hybridized carbons (Fsp3) is 0.318. The molecule has 1 unspecified atom stereocenters. The van der Waals surface area contributed by atoms with Gasteiger partial charge < -0.3 is 10.0 Å². The van der Waals surface area contributed by atoms with E-state index >= 15 is 0 Å². The number of piperidine rings is 1. The molecule has 1 aliphatic heterocycles. The molecule has 4 rings (SSSR count). The van der Waals surface area contributed by atoms with Crippen LogP contribution >= 0.6 is 0 Å². The Balaban J connectivity index is 1.66. The predicted octanol–water partition coefficient (Wildman–Crippen LogP) is 2.68. The van der Waals surface area contributed by atoms with Crippen LogP contribution < -0.4 is 5.56 Å². The van der Waals surface area contributed by atoms with Gasteiger partial charge >= 0.3 is 0 Å². The standard InChI is InChI=1S/C22H23N3O3/c1-15-23-19-7-4-3-6-18(19)21(27)25(15)17-10-8-16(9-11-17)20(26)24-13-5-12-22(2,28)14-24/h3-4,6-11,28H,5,12-14H2,1-2H3. The zero-order chi connectivity index (χ0) is 19.9. The molecule has 3 aromatic rings. The third-order valence-electron chi connectivity index (χ3n) is 5.28. The lowest BCUT2D eigenvalue weighted by molar-refractivity contribution is -0.0107. The highest BCUT2D eigenvalue weighted by molar-refractivity contribution is 5.94. The van der Waals surface area contributed by atoms with Gasteiger partial charge in [-0.15, -0.1) is 0 Å². The minimum Gasteiger partial charge on any atom is -0.388 e. The lowest BCUT2D eigenvalue weighted by Gasteiger charge is -2.36. The molecule has 6 heteroatoms. The van der Waals surface area contributed by atoms with E-state index in [0.29, 0.717) is 47.5 Å². The molecular formula is C22H23N3O3. The van der Waals surface area contributed by atoms with Gasteiger partial charge in [0.25, 0.3) is 11.5 Å². The van der Waals surface area contributed by atoms with Crippen molar-refractivity contribution in [2.45, 2.75) is 32.3 Å². The van der Waals surface area contributed by atoms with E-state index in [1.165, 1.54) is 0 Å². The van der Waals surface area contributed by atoms with Crippen molar-refractivity contribution in [3.63, 3.8) is 0 Å². The molecule has 1 aliphatic rings. The molecule has 0 aliphatic carbocycles. The largest absolute Gasteiger partial charge is 0.388 e. The van der Waals surface area contributed by atoms with Crippen molar-refractivity contribution in [1.82, 2.24) is 14.5 Å². The first-order valence-electron chi connectivity index (χ1n) is 9.46. The van der Waals surface area contributed by atoms with Gasteiger partial charge in [-0.05, 0) is 63.1 Å². The van der Waals surface area contributed by atoms with Gasteiger partial charge in [-0.25, -0.2) is 4.98 Å². The molecule has 28 heavy (non-hydrogen) atoms. The lowest BCUT2D eigenvalue weighted by atomic mass is 9.94. The van der Waals surface area contributed by atoms with E-state index in [1.54, 1.807) is 53.6 Å². The summed E-state index contributed by atoms with van der Waals surface area (Å²) in [6.45, 7) is 4.53. The van der Waals surface area contributed by atoms with E-state index in [0.717, 1.165) is 6.42 Å². The number of carbonyl (C=O) groups is 1. The number of nitrogens with zero attached hydrogens (tertiary/aromatic N) is 3. The maximum absolute atomic E-state index is 12.9. The first-order chi connectivity index (χ1) is 13.4. The number of aryl methyl sites for hydroxylation is 1. The summed E-state index contributed by atoms with van der Waals surface area (Å²) in [6.07, 6.45) is 1.49. The Morgan fingerprint density at radius 1 is 1.14 bits per heavy atom. The molecular weight excluding hydrogens is 354 g/mol. The Morgan fingerprint density at radius 2 is 1.86 bits per heavy atom. The van der Waals surface area contributed by atoms with Gasteiger partial charge in [-0.1, -0.05) is 12.1 Å². The number of aromatic nitrogens is 2. The van der Waals surface area contributed by atoms with Gasteiger partial charge in [-0.2, -0.15) is 0 Å². The van der Waals surface area contributed by atoms with Crippen LogP contribution in [0.25, 0.3) is 16.6 Å². The summed E-state index contributed by atoms with van der Waals surface area (Å²) in [6, 6.07) is 14.2. The average molecular weight is 377 g/mol. The number of carbonyl (C=O) groups excluding carboxylic acids is 1. The molecule has 1 N–H and O–H groups in total. The smallest absolute Gasteiger partial charge is 0.265 e. The van der Waals surface area contributed by atoms with Crippen LogP contribution in [0.2, 0.25) is 0 Å². The van der Waals surface area contributed by atoms with Crippen LogP contribution in [-0.4, -0.2) is 44.2 Å². The molecule has 1 aromatic heterocycles. The Hall–Kier alpha value is -2.99. The normalized spacial score (nSPS) is 19.8. The van der Waals surface area contributed by atoms with Gasteiger partial charge in [0.1, 0.15) is 5.82 Å². The lowest BCUT2D eigenvalue weighted by Crippen LogP contribution is -2.48. The highest BCUT2D eigenvalue weighted by atomic mass is 16.3. The Morgan fingerprint density at radius 3 is 2.57 bits per heavy atom. The topological polar surface area (TPSA) is 75.4 Å². The van der Waals surface area contributed by atoms with Crippen LogP contribution in [0, 0.1) is 6.92 Å². The molecule has 1 atom stereocenters. The zero-order valence-corrected chi connectivity index (χ0v) is 16.1. The van der Waals surface area contributed by atoms with Gasteiger partial charge in [0.2, 0.25) is 0 Å². The van der Waals surface area contributed by atoms with Crippen molar-refractivity contribution in [2.75, 3.05) is 13.1 Å². The van der Waals surface area contributed by atoms with Gasteiger partial charge in [0.05, 0.1) is 22.2 Å². The quantitative estimate of drug-likeness (QED) is 0.745. The molecule has 0 radical (unpaired) electrons. The second-order valence-corrected chi connectivity index (χ2v) is 7.69. The zero-order valence-electron chi connectivity index (χ0n) is 16.1. The summed E-state index contributed by atoms with van der Waals surface area (Å²) < 4.78 is 1.56. The second kappa shape index (κ2) is 6.87. The number of hydrogen-bond donors (Lipinski definition) is 1. The Bertz CT molecular complexity index is 1100. The van der Waals surface area contributed by atoms with Crippen molar-refractivity contribution in [1.29, 1.82) is 0 Å². The van der Waals surface area contributed by atoms with Crippen molar-refractivity contribution in [3.05, 3.63) is 70.3 Å². The number of likely N-dealkylation sites (tertiary alicyclic amines) is 1. The first kappa shape index (κ1) is 18.4. The predicted molar refractivity (Wildman–Crippen MR) is 108 cm³/mol. The maximum Gasteiger partial charge on any atom is 0.265 e. The molecule has 144 valence electrons. The second-order valence-electron chi connectivity index (χ2n) is 7.69. The summed E-state index contributed by atoms with van der Waals surface area (Å²) in [5.74, 6) is 0.488. The van der Waals surface area contributed by atoms with E-state index < -0.39 is 5.60 Å².